The molecule has 0 saturated carbocycles. The van der Waals surface area contributed by atoms with Gasteiger partial charge >= 0.3 is 0 Å². The number of anilines is 1. The largest absolute Gasteiger partial charge is 0.493 e. The van der Waals surface area contributed by atoms with Crippen molar-refractivity contribution in [1.82, 2.24) is 0 Å². The Morgan fingerprint density at radius 2 is 2.00 bits per heavy atom. The van der Waals surface area contributed by atoms with E-state index >= 15 is 0 Å². The first-order chi connectivity index (χ1) is 9.63. The Bertz CT molecular complexity index is 686. The summed E-state index contributed by atoms with van der Waals surface area (Å²) in [5.41, 5.74) is 2.52. The van der Waals surface area contributed by atoms with E-state index in [-0.39, 0.29) is 5.91 Å². The molecule has 20 heavy (non-hydrogen) atoms. The van der Waals surface area contributed by atoms with Crippen LogP contribution in [0.5, 0.6) is 5.75 Å². The Morgan fingerprint density at radius 3 is 2.80 bits per heavy atom. The van der Waals surface area contributed by atoms with Crippen LogP contribution in [0.2, 0.25) is 0 Å². The summed E-state index contributed by atoms with van der Waals surface area (Å²) < 4.78 is 7.13. The predicted molar refractivity (Wildman–Crippen MR) is 85.4 cm³/mol. The van der Waals surface area contributed by atoms with Crippen molar-refractivity contribution in [3.8, 4) is 5.75 Å². The number of nitrogens with one attached hydrogen (secondary N) is 1. The second-order valence-electron chi connectivity index (χ2n) is 4.50. The van der Waals surface area contributed by atoms with Crippen LogP contribution in [-0.4, -0.2) is 12.5 Å². The summed E-state index contributed by atoms with van der Waals surface area (Å²) in [7, 11) is 0. The van der Waals surface area contributed by atoms with Crippen LogP contribution in [0.3, 0.4) is 0 Å². The summed E-state index contributed by atoms with van der Waals surface area (Å²) in [5, 5.41) is 2.91. The summed E-state index contributed by atoms with van der Waals surface area (Å²) in [5.74, 6) is 0.774. The van der Waals surface area contributed by atoms with Crippen LogP contribution < -0.4 is 10.1 Å². The number of carbonyl (C=O) groups is 1. The van der Waals surface area contributed by atoms with Gasteiger partial charge in [0.2, 0.25) is 0 Å². The van der Waals surface area contributed by atoms with Crippen molar-refractivity contribution < 1.29 is 9.53 Å². The predicted octanol–water partition coefficient (Wildman–Crippen LogP) is 4.40. The quantitative estimate of drug-likeness (QED) is 0.816. The Kier molecular flexibility index (Phi) is 3.81. The number of carbonyl (C=O) groups excluding carboxylic acids is 1. The average molecular weight is 397 g/mol. The fraction of sp³-hybridized carbons (Fsp3) is 0.133. The maximum absolute atomic E-state index is 12.3. The second kappa shape index (κ2) is 5.58. The number of halogens is 2. The second-order valence-corrected chi connectivity index (χ2v) is 6.27. The molecule has 0 unspecified atom stereocenters. The Balaban J connectivity index is 1.82. The van der Waals surface area contributed by atoms with Crippen LogP contribution in [0, 0.1) is 0 Å². The van der Waals surface area contributed by atoms with E-state index in [4.69, 9.17) is 4.74 Å². The summed E-state index contributed by atoms with van der Waals surface area (Å²) in [4.78, 5) is 12.3. The third kappa shape index (κ3) is 2.74. The summed E-state index contributed by atoms with van der Waals surface area (Å²) in [6, 6.07) is 11.2. The first-order valence-electron chi connectivity index (χ1n) is 6.15. The van der Waals surface area contributed by atoms with Crippen molar-refractivity contribution >= 4 is 43.5 Å². The highest BCUT2D eigenvalue weighted by Gasteiger charge is 2.14. The monoisotopic (exact) mass is 395 g/mol. The highest BCUT2D eigenvalue weighted by molar-refractivity contribution is 9.11. The summed E-state index contributed by atoms with van der Waals surface area (Å²) in [6.07, 6.45) is 0.890. The molecule has 0 spiro atoms. The van der Waals surface area contributed by atoms with Gasteiger partial charge in [-0.1, -0.05) is 15.9 Å². The van der Waals surface area contributed by atoms with Crippen LogP contribution in [0.1, 0.15) is 15.9 Å². The molecule has 3 rings (SSSR count). The summed E-state index contributed by atoms with van der Waals surface area (Å²) in [6.45, 7) is 0.713. The minimum absolute atomic E-state index is 0.136. The molecule has 0 radical (unpaired) electrons. The lowest BCUT2D eigenvalue weighted by Gasteiger charge is -2.08. The molecule has 0 bridgehead atoms. The van der Waals surface area contributed by atoms with Crippen LogP contribution in [0.4, 0.5) is 5.69 Å². The van der Waals surface area contributed by atoms with Crippen molar-refractivity contribution in [2.75, 3.05) is 11.9 Å². The van der Waals surface area contributed by atoms with Crippen molar-refractivity contribution in [3.05, 3.63) is 56.5 Å². The number of rotatable bonds is 2. The molecule has 1 aliphatic rings. The van der Waals surface area contributed by atoms with Gasteiger partial charge in [-0.15, -0.1) is 0 Å². The maximum Gasteiger partial charge on any atom is 0.256 e. The molecule has 5 heteroatoms. The van der Waals surface area contributed by atoms with Gasteiger partial charge in [-0.05, 0) is 57.9 Å². The van der Waals surface area contributed by atoms with Gasteiger partial charge in [0.15, 0.2) is 0 Å². The first kappa shape index (κ1) is 13.6. The molecule has 0 aliphatic carbocycles. The van der Waals surface area contributed by atoms with Gasteiger partial charge in [0.1, 0.15) is 5.75 Å². The zero-order valence-corrected chi connectivity index (χ0v) is 13.6. The van der Waals surface area contributed by atoms with Gasteiger partial charge in [0.05, 0.1) is 12.2 Å². The minimum atomic E-state index is -0.136. The number of hydrogen-bond donors (Lipinski definition) is 1. The lowest BCUT2D eigenvalue weighted by molar-refractivity contribution is 0.102. The molecule has 0 atom stereocenters. The number of fused-ring (bicyclic) bond motifs is 1. The molecule has 1 aliphatic heterocycles. The lowest BCUT2D eigenvalue weighted by Crippen LogP contribution is -2.12. The molecular weight excluding hydrogens is 386 g/mol. The zero-order valence-electron chi connectivity index (χ0n) is 10.5. The molecule has 102 valence electrons. The standard InChI is InChI=1S/C15H11Br2NO2/c16-10-1-3-12(13(17)8-10)15(19)18-11-2-4-14-9(7-11)5-6-20-14/h1-4,7-8H,5-6H2,(H,18,19). The lowest BCUT2D eigenvalue weighted by atomic mass is 10.1. The SMILES string of the molecule is O=C(Nc1ccc2c(c1)CCO2)c1ccc(Br)cc1Br. The van der Waals surface area contributed by atoms with Gasteiger partial charge < -0.3 is 10.1 Å². The third-order valence-electron chi connectivity index (χ3n) is 3.12. The zero-order chi connectivity index (χ0) is 14.1. The van der Waals surface area contributed by atoms with Crippen LogP contribution in [0.15, 0.2) is 45.3 Å². The van der Waals surface area contributed by atoms with Crippen molar-refractivity contribution in [3.63, 3.8) is 0 Å². The van der Waals surface area contributed by atoms with E-state index in [1.54, 1.807) is 6.07 Å². The van der Waals surface area contributed by atoms with Gasteiger partial charge in [-0.25, -0.2) is 0 Å². The molecule has 1 amide bonds. The molecule has 3 nitrogen and oxygen atoms in total. The van der Waals surface area contributed by atoms with E-state index in [0.717, 1.165) is 32.4 Å². The van der Waals surface area contributed by atoms with Crippen molar-refractivity contribution in [2.24, 2.45) is 0 Å². The highest BCUT2D eigenvalue weighted by Crippen LogP contribution is 2.28. The molecule has 0 saturated heterocycles. The Morgan fingerprint density at radius 1 is 1.15 bits per heavy atom. The molecule has 1 heterocycles. The molecular formula is C15H11Br2NO2. The molecule has 2 aromatic carbocycles. The topological polar surface area (TPSA) is 38.3 Å². The van der Waals surface area contributed by atoms with Gasteiger partial charge in [-0.3, -0.25) is 4.79 Å². The van der Waals surface area contributed by atoms with Crippen LogP contribution in [-0.2, 0) is 6.42 Å². The maximum atomic E-state index is 12.3. The van der Waals surface area contributed by atoms with Gasteiger partial charge in [0, 0.05) is 21.1 Å². The van der Waals surface area contributed by atoms with E-state index in [9.17, 15) is 4.79 Å². The first-order valence-corrected chi connectivity index (χ1v) is 7.74. The molecule has 1 N–H and O–H groups in total. The van der Waals surface area contributed by atoms with E-state index < -0.39 is 0 Å². The number of amides is 1. The Labute approximate surface area is 133 Å². The molecule has 0 fully saturated rings. The minimum Gasteiger partial charge on any atom is -0.493 e. The molecule has 0 aromatic heterocycles. The van der Waals surface area contributed by atoms with Crippen molar-refractivity contribution in [1.29, 1.82) is 0 Å². The Hall–Kier alpha value is -1.33. The average Bonchev–Trinajstić information content (AvgIpc) is 2.85. The normalized spacial score (nSPS) is 12.7. The van der Waals surface area contributed by atoms with Crippen LogP contribution >= 0.6 is 31.9 Å². The number of hydrogen-bond acceptors (Lipinski definition) is 2. The van der Waals surface area contributed by atoms with Gasteiger partial charge in [0.25, 0.3) is 5.91 Å². The van der Waals surface area contributed by atoms with Crippen molar-refractivity contribution in [2.45, 2.75) is 6.42 Å². The number of ether oxygens (including phenoxy) is 1. The smallest absolute Gasteiger partial charge is 0.256 e. The van der Waals surface area contributed by atoms with E-state index in [1.807, 2.05) is 30.3 Å². The summed E-state index contributed by atoms with van der Waals surface area (Å²) >= 11 is 6.77. The van der Waals surface area contributed by atoms with E-state index in [0.29, 0.717) is 12.2 Å². The fourth-order valence-corrected chi connectivity index (χ4v) is 3.36. The highest BCUT2D eigenvalue weighted by atomic mass is 79.9. The fourth-order valence-electron chi connectivity index (χ4n) is 2.14. The van der Waals surface area contributed by atoms with E-state index in [2.05, 4.69) is 37.2 Å². The van der Waals surface area contributed by atoms with Crippen LogP contribution in [0.25, 0.3) is 0 Å². The van der Waals surface area contributed by atoms with E-state index in [1.165, 1.54) is 0 Å². The third-order valence-corrected chi connectivity index (χ3v) is 4.27. The number of benzene rings is 2. The van der Waals surface area contributed by atoms with Gasteiger partial charge in [-0.2, -0.15) is 0 Å². The molecule has 2 aromatic rings.